The molecule has 1 atom stereocenters. The maximum Gasteiger partial charge on any atom is 0.346 e. The molecule has 102 valence electrons. The van der Waals surface area contributed by atoms with E-state index in [2.05, 4.69) is 4.99 Å². The highest BCUT2D eigenvalue weighted by Gasteiger charge is 2.44. The molecule has 0 radical (unpaired) electrons. The van der Waals surface area contributed by atoms with E-state index in [-0.39, 0.29) is 6.03 Å². The molecule has 0 fully saturated rings. The zero-order valence-corrected chi connectivity index (χ0v) is 11.3. The van der Waals surface area contributed by atoms with Crippen LogP contribution in [0.15, 0.2) is 35.3 Å². The van der Waals surface area contributed by atoms with Gasteiger partial charge in [0.1, 0.15) is 11.4 Å². The Morgan fingerprint density at radius 3 is 2.68 bits per heavy atom. The van der Waals surface area contributed by atoms with Crippen LogP contribution in [-0.4, -0.2) is 35.5 Å². The SMILES string of the molecule is CCOCC1(C)C(N)=NC(=O)N1Cc1ccccc1. The maximum absolute atomic E-state index is 12.0. The summed E-state index contributed by atoms with van der Waals surface area (Å²) in [6.45, 7) is 5.21. The van der Waals surface area contributed by atoms with Crippen LogP contribution in [0.25, 0.3) is 0 Å². The standard InChI is InChI=1S/C14H19N3O2/c1-3-19-10-14(2)12(15)16-13(18)17(14)9-11-7-5-4-6-8-11/h4-8H,3,9-10H2,1-2H3,(H2,15,16,18). The molecule has 0 spiro atoms. The Balaban J connectivity index is 2.20. The summed E-state index contributed by atoms with van der Waals surface area (Å²) in [5, 5.41) is 0. The minimum Gasteiger partial charge on any atom is -0.385 e. The second-order valence-electron chi connectivity index (χ2n) is 4.76. The summed E-state index contributed by atoms with van der Waals surface area (Å²) in [4.78, 5) is 17.5. The van der Waals surface area contributed by atoms with Crippen LogP contribution in [0.4, 0.5) is 4.79 Å². The van der Waals surface area contributed by atoms with E-state index in [0.29, 0.717) is 25.6 Å². The van der Waals surface area contributed by atoms with Crippen molar-refractivity contribution in [2.45, 2.75) is 25.9 Å². The lowest BCUT2D eigenvalue weighted by atomic mass is 10.0. The summed E-state index contributed by atoms with van der Waals surface area (Å²) in [5.41, 5.74) is 6.28. The molecule has 5 nitrogen and oxygen atoms in total. The van der Waals surface area contributed by atoms with Gasteiger partial charge in [-0.1, -0.05) is 30.3 Å². The quantitative estimate of drug-likeness (QED) is 0.878. The largest absolute Gasteiger partial charge is 0.385 e. The van der Waals surface area contributed by atoms with E-state index < -0.39 is 5.54 Å². The molecule has 2 amide bonds. The smallest absolute Gasteiger partial charge is 0.346 e. The third-order valence-electron chi connectivity index (χ3n) is 3.37. The summed E-state index contributed by atoms with van der Waals surface area (Å²) in [6, 6.07) is 9.48. The van der Waals surface area contributed by atoms with Crippen molar-refractivity contribution in [3.8, 4) is 0 Å². The lowest BCUT2D eigenvalue weighted by Gasteiger charge is -2.34. The van der Waals surface area contributed by atoms with E-state index in [1.807, 2.05) is 44.2 Å². The predicted molar refractivity (Wildman–Crippen MR) is 73.9 cm³/mol. The molecule has 1 heterocycles. The van der Waals surface area contributed by atoms with Gasteiger partial charge in [-0.25, -0.2) is 4.79 Å². The molecule has 0 aliphatic carbocycles. The maximum atomic E-state index is 12.0. The molecule has 0 aromatic heterocycles. The summed E-state index contributed by atoms with van der Waals surface area (Å²) >= 11 is 0. The van der Waals surface area contributed by atoms with Gasteiger partial charge in [0, 0.05) is 13.2 Å². The summed E-state index contributed by atoms with van der Waals surface area (Å²) in [5.74, 6) is 0.321. The van der Waals surface area contributed by atoms with E-state index in [0.717, 1.165) is 5.56 Å². The number of rotatable bonds is 5. The van der Waals surface area contributed by atoms with Gasteiger partial charge in [0.15, 0.2) is 0 Å². The van der Waals surface area contributed by atoms with Gasteiger partial charge in [-0.05, 0) is 19.4 Å². The molecule has 1 aliphatic heterocycles. The normalized spacial score (nSPS) is 22.7. The van der Waals surface area contributed by atoms with Gasteiger partial charge in [0.2, 0.25) is 0 Å². The number of amidine groups is 1. The monoisotopic (exact) mass is 261 g/mol. The van der Waals surface area contributed by atoms with Crippen LogP contribution in [0.1, 0.15) is 19.4 Å². The van der Waals surface area contributed by atoms with Gasteiger partial charge in [-0.15, -0.1) is 0 Å². The van der Waals surface area contributed by atoms with Gasteiger partial charge >= 0.3 is 6.03 Å². The molecule has 2 rings (SSSR count). The number of urea groups is 1. The van der Waals surface area contributed by atoms with Crippen molar-refractivity contribution in [2.24, 2.45) is 10.7 Å². The van der Waals surface area contributed by atoms with Crippen molar-refractivity contribution in [3.63, 3.8) is 0 Å². The summed E-state index contributed by atoms with van der Waals surface area (Å²) in [7, 11) is 0. The number of aliphatic imine (C=N–C) groups is 1. The first-order valence-electron chi connectivity index (χ1n) is 6.36. The number of hydrogen-bond acceptors (Lipinski definition) is 3. The molecule has 1 aromatic carbocycles. The first-order valence-corrected chi connectivity index (χ1v) is 6.36. The molecule has 0 saturated heterocycles. The van der Waals surface area contributed by atoms with Crippen molar-refractivity contribution in [1.82, 2.24) is 4.90 Å². The van der Waals surface area contributed by atoms with E-state index in [9.17, 15) is 4.79 Å². The molecular weight excluding hydrogens is 242 g/mol. The van der Waals surface area contributed by atoms with Gasteiger partial charge < -0.3 is 15.4 Å². The Hall–Kier alpha value is -1.88. The van der Waals surface area contributed by atoms with Gasteiger partial charge in [0.05, 0.1) is 6.61 Å². The van der Waals surface area contributed by atoms with Crippen LogP contribution in [0.5, 0.6) is 0 Å². The fraction of sp³-hybridized carbons (Fsp3) is 0.429. The van der Waals surface area contributed by atoms with Gasteiger partial charge in [-0.2, -0.15) is 4.99 Å². The van der Waals surface area contributed by atoms with E-state index in [1.165, 1.54) is 0 Å². The molecule has 19 heavy (non-hydrogen) atoms. The van der Waals surface area contributed by atoms with Crippen LogP contribution in [0, 0.1) is 0 Å². The zero-order valence-electron chi connectivity index (χ0n) is 11.3. The van der Waals surface area contributed by atoms with Crippen LogP contribution >= 0.6 is 0 Å². The van der Waals surface area contributed by atoms with E-state index >= 15 is 0 Å². The van der Waals surface area contributed by atoms with Crippen molar-refractivity contribution >= 4 is 11.9 Å². The fourth-order valence-electron chi connectivity index (χ4n) is 2.09. The number of benzene rings is 1. The summed E-state index contributed by atoms with van der Waals surface area (Å²) in [6.07, 6.45) is 0. The Labute approximate surface area is 113 Å². The minimum atomic E-state index is -0.664. The van der Waals surface area contributed by atoms with E-state index in [4.69, 9.17) is 10.5 Å². The van der Waals surface area contributed by atoms with E-state index in [1.54, 1.807) is 4.90 Å². The lowest BCUT2D eigenvalue weighted by molar-refractivity contribution is 0.0646. The van der Waals surface area contributed by atoms with Crippen LogP contribution < -0.4 is 5.73 Å². The highest BCUT2D eigenvalue weighted by Crippen LogP contribution is 2.26. The molecule has 1 aliphatic rings. The molecule has 0 saturated carbocycles. The highest BCUT2D eigenvalue weighted by molar-refractivity contribution is 6.05. The second-order valence-corrected chi connectivity index (χ2v) is 4.76. The van der Waals surface area contributed by atoms with Crippen molar-refractivity contribution in [3.05, 3.63) is 35.9 Å². The highest BCUT2D eigenvalue weighted by atomic mass is 16.5. The third-order valence-corrected chi connectivity index (χ3v) is 3.37. The van der Waals surface area contributed by atoms with Crippen molar-refractivity contribution in [1.29, 1.82) is 0 Å². The number of nitrogens with two attached hydrogens (primary N) is 1. The Morgan fingerprint density at radius 1 is 1.37 bits per heavy atom. The second kappa shape index (κ2) is 5.40. The Morgan fingerprint density at radius 2 is 2.05 bits per heavy atom. The summed E-state index contributed by atoms with van der Waals surface area (Å²) < 4.78 is 5.45. The third kappa shape index (κ3) is 2.61. The number of carbonyl (C=O) groups is 1. The predicted octanol–water partition coefficient (Wildman–Crippen LogP) is 1.77. The average molecular weight is 261 g/mol. The molecule has 1 unspecified atom stereocenters. The van der Waals surface area contributed by atoms with Crippen molar-refractivity contribution < 1.29 is 9.53 Å². The fourth-order valence-corrected chi connectivity index (χ4v) is 2.09. The first-order chi connectivity index (χ1) is 9.08. The molecule has 2 N–H and O–H groups in total. The average Bonchev–Trinajstić information content (AvgIpc) is 2.62. The molecule has 1 aromatic rings. The zero-order chi connectivity index (χ0) is 13.9. The minimum absolute atomic E-state index is 0.302. The molecule has 0 bridgehead atoms. The number of amides is 2. The lowest BCUT2D eigenvalue weighted by Crippen LogP contribution is -2.54. The number of ether oxygens (including phenoxy) is 1. The number of nitrogens with zero attached hydrogens (tertiary/aromatic N) is 2. The van der Waals surface area contributed by atoms with Crippen LogP contribution in [-0.2, 0) is 11.3 Å². The van der Waals surface area contributed by atoms with Crippen LogP contribution in [0.2, 0.25) is 0 Å². The number of hydrogen-bond donors (Lipinski definition) is 1. The molecule has 5 heteroatoms. The van der Waals surface area contributed by atoms with Gasteiger partial charge in [0.25, 0.3) is 0 Å². The first kappa shape index (κ1) is 13.5. The number of carbonyl (C=O) groups excluding carboxylic acids is 1. The van der Waals surface area contributed by atoms with Gasteiger partial charge in [-0.3, -0.25) is 0 Å². The molecular formula is C14H19N3O2. The Bertz CT molecular complexity index is 487. The van der Waals surface area contributed by atoms with Crippen molar-refractivity contribution in [2.75, 3.05) is 13.2 Å². The van der Waals surface area contributed by atoms with Crippen LogP contribution in [0.3, 0.4) is 0 Å². The topological polar surface area (TPSA) is 67.9 Å². The Kier molecular flexibility index (Phi) is 3.85.